The van der Waals surface area contributed by atoms with E-state index in [0.717, 1.165) is 0 Å². The Kier molecular flexibility index (Phi) is 583. The van der Waals surface area contributed by atoms with Crippen LogP contribution in [0.15, 0.2) is 0 Å². The first kappa shape index (κ1) is 120. The maximum Gasteiger partial charge on any atom is 3.00 e. The third kappa shape index (κ3) is 1890. The summed E-state index contributed by atoms with van der Waals surface area (Å²) in [5.41, 5.74) is 0. The monoisotopic (exact) mass is 419 g/mol. The predicted octanol–water partition coefficient (Wildman–Crippen LogP) is -7.32. The van der Waals surface area contributed by atoms with Crippen molar-refractivity contribution in [3.8, 4) is 0 Å². The van der Waals surface area contributed by atoms with Gasteiger partial charge in [0.15, 0.2) is 0 Å². The summed E-state index contributed by atoms with van der Waals surface area (Å²) < 4.78 is 0. The Hall–Kier alpha value is -1.62. The first-order valence-electron chi connectivity index (χ1n) is 1.64. The largest absolute Gasteiger partial charge is 3.00 e. The van der Waals surface area contributed by atoms with Crippen LogP contribution < -0.4 is 0 Å². The van der Waals surface area contributed by atoms with Crippen molar-refractivity contribution in [3.05, 3.63) is 46.0 Å². The second-order valence-corrected chi connectivity index (χ2v) is 0.671. The molecule has 16 N–H and O–H groups in total. The fourth-order valence-corrected chi connectivity index (χ4v) is 0. The summed E-state index contributed by atoms with van der Waals surface area (Å²) in [5, 5.41) is 44.2. The maximum absolute atomic E-state index is 8.25. The third-order valence-electron chi connectivity index (χ3n) is 0. The molecule has 21 heteroatoms. The quantitative estimate of drug-likeness (QED) is 0.265. The van der Waals surface area contributed by atoms with Crippen LogP contribution in [0.5, 0.6) is 0 Å². The summed E-state index contributed by atoms with van der Waals surface area (Å²) in [6.07, 6.45) is 0. The average Bonchev–Trinajstić information content (AvgIpc) is 1.54. The zero-order chi connectivity index (χ0) is 10.7. The Morgan fingerprint density at radius 2 is 0.381 bits per heavy atom. The molecule has 0 heterocycles. The molecule has 0 spiro atoms. The van der Waals surface area contributed by atoms with Crippen molar-refractivity contribution >= 4 is 0 Å². The van der Waals surface area contributed by atoms with E-state index in [1.807, 2.05) is 0 Å². The standard InChI is InChI=1S/3NO3.8H2O.Y/c3*2-1(3)4;;;;;;;;;/h;;;8*1H2;/q3*-1;;;;;;;;;+3. The Labute approximate surface area is 138 Å². The van der Waals surface area contributed by atoms with Gasteiger partial charge in [-0.3, -0.25) is 0 Å². The predicted molar refractivity (Wildman–Crippen MR) is 60.0 cm³/mol. The fourth-order valence-electron chi connectivity index (χ4n) is 0. The molecule has 0 rings (SSSR count). The van der Waals surface area contributed by atoms with Gasteiger partial charge in [0.2, 0.25) is 0 Å². The van der Waals surface area contributed by atoms with E-state index in [9.17, 15) is 0 Å². The number of rotatable bonds is 0. The van der Waals surface area contributed by atoms with Gasteiger partial charge in [0.05, 0.1) is 15.3 Å². The van der Waals surface area contributed by atoms with Gasteiger partial charge in [0, 0.05) is 0 Å². The van der Waals surface area contributed by atoms with Gasteiger partial charge in [-0.2, -0.15) is 0 Å². The van der Waals surface area contributed by atoms with E-state index >= 15 is 0 Å². The van der Waals surface area contributed by atoms with Crippen molar-refractivity contribution in [2.75, 3.05) is 0 Å². The molecule has 0 amide bonds. The van der Waals surface area contributed by atoms with E-state index < -0.39 is 15.3 Å². The van der Waals surface area contributed by atoms with Gasteiger partial charge in [0.1, 0.15) is 0 Å². The third-order valence-corrected chi connectivity index (χ3v) is 0. The van der Waals surface area contributed by atoms with E-state index in [-0.39, 0.29) is 76.5 Å². The topological polar surface area (TPSA) is 451 Å². The minimum absolute atomic E-state index is 0. The summed E-state index contributed by atoms with van der Waals surface area (Å²) >= 11 is 0. The molecular formula is H16N3O17Y. The van der Waals surface area contributed by atoms with Crippen molar-refractivity contribution in [2.45, 2.75) is 0 Å². The molecule has 0 aliphatic heterocycles. The zero-order valence-corrected chi connectivity index (χ0v) is 12.4. The Bertz CT molecular complexity index is 116. The molecule has 0 saturated carbocycles. The molecule has 136 valence electrons. The summed E-state index contributed by atoms with van der Waals surface area (Å²) in [4.78, 5) is 24.8. The van der Waals surface area contributed by atoms with Crippen molar-refractivity contribution in [3.63, 3.8) is 0 Å². The van der Waals surface area contributed by atoms with Gasteiger partial charge in [-0.15, -0.1) is 0 Å². The molecule has 0 aromatic rings. The molecule has 0 fully saturated rings. The molecule has 0 atom stereocenters. The molecule has 20 nitrogen and oxygen atoms in total. The van der Waals surface area contributed by atoms with Crippen LogP contribution in [0.1, 0.15) is 0 Å². The summed E-state index contributed by atoms with van der Waals surface area (Å²) in [7, 11) is 0. The summed E-state index contributed by atoms with van der Waals surface area (Å²) in [5.74, 6) is 0. The molecule has 0 unspecified atom stereocenters. The molecule has 0 saturated heterocycles. The molecule has 21 heavy (non-hydrogen) atoms. The van der Waals surface area contributed by atoms with Gasteiger partial charge in [0.25, 0.3) is 0 Å². The van der Waals surface area contributed by atoms with Gasteiger partial charge < -0.3 is 89.8 Å². The minimum Gasteiger partial charge on any atom is -0.412 e. The Morgan fingerprint density at radius 3 is 0.381 bits per heavy atom. The van der Waals surface area contributed by atoms with E-state index in [1.165, 1.54) is 0 Å². The molecule has 0 aromatic carbocycles. The van der Waals surface area contributed by atoms with Crippen molar-refractivity contribution in [1.29, 1.82) is 0 Å². The van der Waals surface area contributed by atoms with Crippen LogP contribution in [0.25, 0.3) is 0 Å². The average molecular weight is 419 g/mol. The molecule has 0 bridgehead atoms. The van der Waals surface area contributed by atoms with E-state index in [0.29, 0.717) is 0 Å². The number of hydrogen-bond donors (Lipinski definition) is 0. The van der Waals surface area contributed by atoms with Crippen molar-refractivity contribution < 1.29 is 91.8 Å². The molecule has 0 aromatic heterocycles. The zero-order valence-electron chi connectivity index (χ0n) is 9.59. The first-order valence-corrected chi connectivity index (χ1v) is 1.64. The van der Waals surface area contributed by atoms with Gasteiger partial charge in [-0.05, 0) is 0 Å². The molecular weight excluding hydrogens is 403 g/mol. The van der Waals surface area contributed by atoms with Crippen LogP contribution in [-0.4, -0.2) is 59.1 Å². The van der Waals surface area contributed by atoms with Crippen LogP contribution in [0.2, 0.25) is 0 Å². The molecule has 0 radical (unpaired) electrons. The van der Waals surface area contributed by atoms with Crippen LogP contribution in [-0.2, 0) is 32.7 Å². The maximum atomic E-state index is 8.25. The van der Waals surface area contributed by atoms with Crippen LogP contribution in [0.4, 0.5) is 0 Å². The molecule has 0 aliphatic carbocycles. The van der Waals surface area contributed by atoms with Crippen LogP contribution >= 0.6 is 0 Å². The SMILES string of the molecule is O.O.O.O.O.O.O.O.O=[N+]([O-])[O-].O=[N+]([O-])[O-].O=[N+]([O-])[O-].[Y+3]. The van der Waals surface area contributed by atoms with E-state index in [1.54, 1.807) is 0 Å². The fraction of sp³-hybridized carbons (Fsp3) is 0. The number of nitrogens with zero attached hydrogens (tertiary/aromatic N) is 3. The minimum atomic E-state index is -1.75. The second-order valence-electron chi connectivity index (χ2n) is 0.671. The summed E-state index contributed by atoms with van der Waals surface area (Å²) in [6.45, 7) is 0. The molecule has 0 aliphatic rings. The first-order chi connectivity index (χ1) is 5.20. The summed E-state index contributed by atoms with van der Waals surface area (Å²) in [6, 6.07) is 0. The smallest absolute Gasteiger partial charge is 0.412 e. The second kappa shape index (κ2) is 102. The van der Waals surface area contributed by atoms with Crippen molar-refractivity contribution in [2.24, 2.45) is 0 Å². The van der Waals surface area contributed by atoms with E-state index in [4.69, 9.17) is 46.0 Å². The Balaban J connectivity index is -0.00000000476. The van der Waals surface area contributed by atoms with Gasteiger partial charge in [-0.1, -0.05) is 0 Å². The van der Waals surface area contributed by atoms with E-state index in [2.05, 4.69) is 0 Å². The normalized spacial score (nSPS) is 3.43. The van der Waals surface area contributed by atoms with Gasteiger partial charge in [-0.25, -0.2) is 0 Å². The van der Waals surface area contributed by atoms with Crippen LogP contribution in [0, 0.1) is 46.0 Å². The Morgan fingerprint density at radius 1 is 0.381 bits per heavy atom. The van der Waals surface area contributed by atoms with Gasteiger partial charge >= 0.3 is 32.7 Å². The number of hydrogen-bond acceptors (Lipinski definition) is 9. The van der Waals surface area contributed by atoms with Crippen molar-refractivity contribution in [1.82, 2.24) is 0 Å². The van der Waals surface area contributed by atoms with Crippen LogP contribution in [0.3, 0.4) is 0 Å².